The van der Waals surface area contributed by atoms with Crippen molar-refractivity contribution in [2.24, 2.45) is 0 Å². The van der Waals surface area contributed by atoms with Crippen LogP contribution in [0, 0.1) is 6.92 Å². The molecule has 0 bridgehead atoms. The highest BCUT2D eigenvalue weighted by Gasteiger charge is 2.27. The first-order chi connectivity index (χ1) is 12.2. The normalized spacial score (nSPS) is 16.3. The quantitative estimate of drug-likeness (QED) is 0.794. The van der Waals surface area contributed by atoms with Crippen molar-refractivity contribution in [3.8, 4) is 11.4 Å². The van der Waals surface area contributed by atoms with Crippen molar-refractivity contribution >= 4 is 11.6 Å². The average Bonchev–Trinajstić information content (AvgIpc) is 3.08. The summed E-state index contributed by atoms with van der Waals surface area (Å²) >= 11 is 0. The molecule has 0 saturated carbocycles. The van der Waals surface area contributed by atoms with E-state index in [4.69, 9.17) is 9.26 Å². The van der Waals surface area contributed by atoms with E-state index in [9.17, 15) is 4.79 Å². The number of fused-ring (bicyclic) bond motifs is 1. The molecule has 6 heteroatoms. The molecule has 1 aliphatic rings. The smallest absolute Gasteiger partial charge is 0.258 e. The minimum absolute atomic E-state index is 0.209. The van der Waals surface area contributed by atoms with Crippen LogP contribution >= 0.6 is 0 Å². The third kappa shape index (κ3) is 3.04. The second-order valence-corrected chi connectivity index (χ2v) is 5.87. The number of hydrogen-bond acceptors (Lipinski definition) is 5. The Hall–Kier alpha value is -2.99. The first-order valence-corrected chi connectivity index (χ1v) is 8.12. The minimum Gasteiger partial charge on any atom is -0.363 e. The standard InChI is InChI=1S/C19H17N3O3/c1-12-20-18(22-25-12)15-8-4-5-9-16(15)21-19(23)17-14-7-3-2-6-13(14)10-11-24-17/h2-9,17H,10-11H2,1H3,(H,21,23)/t17-/m0/s1. The lowest BCUT2D eigenvalue weighted by Gasteiger charge is -2.25. The van der Waals surface area contributed by atoms with Gasteiger partial charge in [-0.2, -0.15) is 4.98 Å². The Bertz CT molecular complexity index is 920. The number of ether oxygens (including phenoxy) is 1. The zero-order chi connectivity index (χ0) is 17.2. The minimum atomic E-state index is -0.620. The molecule has 0 unspecified atom stereocenters. The van der Waals surface area contributed by atoms with E-state index in [-0.39, 0.29) is 5.91 Å². The highest BCUT2D eigenvalue weighted by molar-refractivity contribution is 5.98. The lowest BCUT2D eigenvalue weighted by atomic mass is 9.97. The van der Waals surface area contributed by atoms with Gasteiger partial charge in [-0.3, -0.25) is 4.79 Å². The Morgan fingerprint density at radius 2 is 1.96 bits per heavy atom. The number of rotatable bonds is 3. The molecule has 1 aromatic heterocycles. The van der Waals surface area contributed by atoms with Crippen molar-refractivity contribution in [1.29, 1.82) is 0 Å². The second kappa shape index (κ2) is 6.49. The van der Waals surface area contributed by atoms with Gasteiger partial charge in [0.25, 0.3) is 5.91 Å². The number of nitrogens with zero attached hydrogens (tertiary/aromatic N) is 2. The predicted molar refractivity (Wildman–Crippen MR) is 91.9 cm³/mol. The molecule has 2 aromatic carbocycles. The molecule has 1 amide bonds. The highest BCUT2D eigenvalue weighted by Crippen LogP contribution is 2.30. The molecule has 25 heavy (non-hydrogen) atoms. The van der Waals surface area contributed by atoms with Crippen molar-refractivity contribution < 1.29 is 14.1 Å². The summed E-state index contributed by atoms with van der Waals surface area (Å²) in [6, 6.07) is 15.2. The van der Waals surface area contributed by atoms with Crippen molar-refractivity contribution in [1.82, 2.24) is 10.1 Å². The fourth-order valence-electron chi connectivity index (χ4n) is 3.01. The number of para-hydroxylation sites is 1. The van der Waals surface area contributed by atoms with Crippen LogP contribution in [0.15, 0.2) is 53.1 Å². The molecule has 1 N–H and O–H groups in total. The summed E-state index contributed by atoms with van der Waals surface area (Å²) in [6.45, 7) is 2.26. The lowest BCUT2D eigenvalue weighted by molar-refractivity contribution is -0.128. The van der Waals surface area contributed by atoms with Crippen LogP contribution in [0.3, 0.4) is 0 Å². The molecular formula is C19H17N3O3. The lowest BCUT2D eigenvalue weighted by Crippen LogP contribution is -2.28. The van der Waals surface area contributed by atoms with Crippen LogP contribution in [0.4, 0.5) is 5.69 Å². The van der Waals surface area contributed by atoms with Crippen molar-refractivity contribution in [2.45, 2.75) is 19.4 Å². The Labute approximate surface area is 144 Å². The SMILES string of the molecule is Cc1nc(-c2ccccc2NC(=O)[C@H]2OCCc3ccccc32)no1. The molecule has 4 rings (SSSR count). The number of benzene rings is 2. The van der Waals surface area contributed by atoms with Gasteiger partial charge in [0.05, 0.1) is 12.3 Å². The van der Waals surface area contributed by atoms with E-state index in [2.05, 4.69) is 15.5 Å². The van der Waals surface area contributed by atoms with Gasteiger partial charge in [0.1, 0.15) is 0 Å². The summed E-state index contributed by atoms with van der Waals surface area (Å²) in [5.74, 6) is 0.707. The Kier molecular flexibility index (Phi) is 4.03. The fourth-order valence-corrected chi connectivity index (χ4v) is 3.01. The maximum absolute atomic E-state index is 12.8. The monoisotopic (exact) mass is 335 g/mol. The first-order valence-electron chi connectivity index (χ1n) is 8.12. The van der Waals surface area contributed by atoms with Gasteiger partial charge in [-0.1, -0.05) is 41.6 Å². The fraction of sp³-hybridized carbons (Fsp3) is 0.211. The first kappa shape index (κ1) is 15.5. The number of anilines is 1. The van der Waals surface area contributed by atoms with Gasteiger partial charge < -0.3 is 14.6 Å². The van der Waals surface area contributed by atoms with Crippen LogP contribution in [-0.2, 0) is 16.0 Å². The van der Waals surface area contributed by atoms with Gasteiger partial charge in [-0.15, -0.1) is 0 Å². The van der Waals surface area contributed by atoms with Crippen LogP contribution in [0.5, 0.6) is 0 Å². The zero-order valence-corrected chi connectivity index (χ0v) is 13.7. The third-order valence-corrected chi connectivity index (χ3v) is 4.19. The number of aryl methyl sites for hydroxylation is 1. The second-order valence-electron chi connectivity index (χ2n) is 5.87. The number of aromatic nitrogens is 2. The Morgan fingerprint density at radius 3 is 2.80 bits per heavy atom. The molecule has 2 heterocycles. The average molecular weight is 335 g/mol. The number of hydrogen-bond donors (Lipinski definition) is 1. The Balaban J connectivity index is 1.63. The van der Waals surface area contributed by atoms with Crippen LogP contribution in [0.2, 0.25) is 0 Å². The van der Waals surface area contributed by atoms with Gasteiger partial charge in [-0.05, 0) is 29.7 Å². The van der Waals surface area contributed by atoms with E-state index >= 15 is 0 Å². The third-order valence-electron chi connectivity index (χ3n) is 4.19. The van der Waals surface area contributed by atoms with Crippen molar-refractivity contribution in [3.63, 3.8) is 0 Å². The number of carbonyl (C=O) groups excluding carboxylic acids is 1. The van der Waals surface area contributed by atoms with Crippen molar-refractivity contribution in [2.75, 3.05) is 11.9 Å². The predicted octanol–water partition coefficient (Wildman–Crippen LogP) is 3.30. The molecule has 1 atom stereocenters. The molecule has 3 aromatic rings. The summed E-state index contributed by atoms with van der Waals surface area (Å²) in [4.78, 5) is 17.1. The van der Waals surface area contributed by atoms with E-state index < -0.39 is 6.10 Å². The van der Waals surface area contributed by atoms with Gasteiger partial charge >= 0.3 is 0 Å². The number of amides is 1. The van der Waals surface area contributed by atoms with Crippen LogP contribution in [-0.4, -0.2) is 22.7 Å². The van der Waals surface area contributed by atoms with E-state index in [1.165, 1.54) is 0 Å². The topological polar surface area (TPSA) is 77.2 Å². The van der Waals surface area contributed by atoms with Crippen LogP contribution in [0.25, 0.3) is 11.4 Å². The summed E-state index contributed by atoms with van der Waals surface area (Å²) in [5.41, 5.74) is 3.40. The maximum atomic E-state index is 12.8. The van der Waals surface area contributed by atoms with E-state index in [1.807, 2.05) is 48.5 Å². The summed E-state index contributed by atoms with van der Waals surface area (Å²) in [6.07, 6.45) is 0.198. The highest BCUT2D eigenvalue weighted by atomic mass is 16.5. The van der Waals surface area contributed by atoms with Gasteiger partial charge in [0.15, 0.2) is 6.10 Å². The van der Waals surface area contributed by atoms with Crippen LogP contribution < -0.4 is 5.32 Å². The van der Waals surface area contributed by atoms with E-state index in [0.717, 1.165) is 17.5 Å². The molecule has 0 fully saturated rings. The molecule has 0 spiro atoms. The summed E-state index contributed by atoms with van der Waals surface area (Å²) < 4.78 is 10.8. The van der Waals surface area contributed by atoms with Crippen LogP contribution in [0.1, 0.15) is 23.1 Å². The Morgan fingerprint density at radius 1 is 1.16 bits per heavy atom. The van der Waals surface area contributed by atoms with Crippen molar-refractivity contribution in [3.05, 3.63) is 65.5 Å². The molecule has 6 nitrogen and oxygen atoms in total. The number of nitrogens with one attached hydrogen (secondary N) is 1. The van der Waals surface area contributed by atoms with Gasteiger partial charge in [0.2, 0.25) is 11.7 Å². The molecule has 0 saturated heterocycles. The summed E-state index contributed by atoms with van der Waals surface area (Å²) in [5, 5.41) is 6.88. The van der Waals surface area contributed by atoms with E-state index in [0.29, 0.717) is 29.6 Å². The molecule has 0 radical (unpaired) electrons. The number of carbonyl (C=O) groups is 1. The maximum Gasteiger partial charge on any atom is 0.258 e. The largest absolute Gasteiger partial charge is 0.363 e. The molecule has 126 valence electrons. The summed E-state index contributed by atoms with van der Waals surface area (Å²) in [7, 11) is 0. The van der Waals surface area contributed by atoms with E-state index in [1.54, 1.807) is 6.92 Å². The molecule has 1 aliphatic heterocycles. The zero-order valence-electron chi connectivity index (χ0n) is 13.7. The van der Waals surface area contributed by atoms with Gasteiger partial charge in [-0.25, -0.2) is 0 Å². The molecule has 0 aliphatic carbocycles. The molecular weight excluding hydrogens is 318 g/mol. The van der Waals surface area contributed by atoms with Gasteiger partial charge in [0, 0.05) is 12.5 Å².